The lowest BCUT2D eigenvalue weighted by Crippen LogP contribution is -2.10. The number of benzene rings is 3. The van der Waals surface area contributed by atoms with Gasteiger partial charge in [0.25, 0.3) is 0 Å². The van der Waals surface area contributed by atoms with E-state index >= 15 is 0 Å². The summed E-state index contributed by atoms with van der Waals surface area (Å²) in [6, 6.07) is 15.7. The van der Waals surface area contributed by atoms with Crippen LogP contribution in [0, 0.1) is 12.7 Å². The number of rotatable bonds is 6. The van der Waals surface area contributed by atoms with Gasteiger partial charge in [-0.1, -0.05) is 24.3 Å². The third-order valence-electron chi connectivity index (χ3n) is 5.55. The van der Waals surface area contributed by atoms with Crippen molar-refractivity contribution in [3.8, 4) is 22.6 Å². The molecule has 6 heteroatoms. The molecular formula is C27H24FNO4. The van der Waals surface area contributed by atoms with Gasteiger partial charge >= 0.3 is 0 Å². The maximum absolute atomic E-state index is 13.9. The molecule has 168 valence electrons. The lowest BCUT2D eigenvalue weighted by Gasteiger charge is -2.13. The van der Waals surface area contributed by atoms with Crippen molar-refractivity contribution in [3.05, 3.63) is 83.9 Å². The molecule has 4 rings (SSSR count). The quantitative estimate of drug-likeness (QED) is 0.339. The monoisotopic (exact) mass is 445 g/mol. The first-order valence-electron chi connectivity index (χ1n) is 10.4. The Labute approximate surface area is 191 Å². The van der Waals surface area contributed by atoms with Crippen LogP contribution in [0.4, 0.5) is 10.1 Å². The normalized spacial score (nSPS) is 11.5. The summed E-state index contributed by atoms with van der Waals surface area (Å²) in [6.45, 7) is 3.73. The lowest BCUT2D eigenvalue weighted by molar-refractivity contribution is -0.111. The van der Waals surface area contributed by atoms with Gasteiger partial charge in [-0.3, -0.25) is 4.79 Å². The molecule has 0 aliphatic heterocycles. The van der Waals surface area contributed by atoms with E-state index in [0.717, 1.165) is 33.4 Å². The summed E-state index contributed by atoms with van der Waals surface area (Å²) in [4.78, 5) is 12.6. The van der Waals surface area contributed by atoms with Crippen LogP contribution in [-0.2, 0) is 4.79 Å². The van der Waals surface area contributed by atoms with Crippen LogP contribution < -0.4 is 14.8 Å². The molecule has 0 spiro atoms. The number of allylic oxidation sites excluding steroid dienone is 1. The molecule has 0 bridgehead atoms. The smallest absolute Gasteiger partial charge is 0.248 e. The van der Waals surface area contributed by atoms with E-state index in [2.05, 4.69) is 5.32 Å². The zero-order chi connectivity index (χ0) is 23.5. The molecule has 33 heavy (non-hydrogen) atoms. The summed E-state index contributed by atoms with van der Waals surface area (Å²) in [5.74, 6) is 0.463. The molecular weight excluding hydrogens is 421 g/mol. The third kappa shape index (κ3) is 4.32. The first kappa shape index (κ1) is 22.1. The number of anilines is 1. The molecule has 0 aliphatic rings. The van der Waals surface area contributed by atoms with Gasteiger partial charge in [-0.05, 0) is 55.3 Å². The molecule has 0 radical (unpaired) electrons. The number of methoxy groups -OCH3 is 2. The van der Waals surface area contributed by atoms with Gasteiger partial charge in [0.05, 0.1) is 26.2 Å². The van der Waals surface area contributed by atoms with Crippen LogP contribution in [0.3, 0.4) is 0 Å². The van der Waals surface area contributed by atoms with Crippen molar-refractivity contribution in [1.82, 2.24) is 0 Å². The molecule has 0 saturated heterocycles. The minimum atomic E-state index is -0.491. The van der Waals surface area contributed by atoms with Crippen molar-refractivity contribution < 1.29 is 23.1 Å². The van der Waals surface area contributed by atoms with Gasteiger partial charge in [0.2, 0.25) is 5.91 Å². The predicted octanol–water partition coefficient (Wildman–Crippen LogP) is 6.61. The number of amides is 1. The molecule has 4 aromatic rings. The Hall–Kier alpha value is -4.06. The van der Waals surface area contributed by atoms with Crippen molar-refractivity contribution in [1.29, 1.82) is 0 Å². The Morgan fingerprint density at radius 2 is 1.79 bits per heavy atom. The summed E-state index contributed by atoms with van der Waals surface area (Å²) in [5, 5.41) is 3.48. The molecule has 1 heterocycles. The average molecular weight is 445 g/mol. The minimum absolute atomic E-state index is 0.127. The van der Waals surface area contributed by atoms with Crippen LogP contribution in [-0.4, -0.2) is 20.1 Å². The largest absolute Gasteiger partial charge is 0.497 e. The number of halogens is 1. The molecule has 0 fully saturated rings. The molecule has 1 N–H and O–H groups in total. The second kappa shape index (κ2) is 9.20. The zero-order valence-electron chi connectivity index (χ0n) is 18.9. The van der Waals surface area contributed by atoms with Crippen molar-refractivity contribution >= 4 is 28.1 Å². The number of hydrogen-bond donors (Lipinski definition) is 1. The van der Waals surface area contributed by atoms with Crippen LogP contribution in [0.1, 0.15) is 18.1 Å². The number of ether oxygens (including phenoxy) is 2. The van der Waals surface area contributed by atoms with Gasteiger partial charge < -0.3 is 19.2 Å². The van der Waals surface area contributed by atoms with Crippen LogP contribution in [0.2, 0.25) is 0 Å². The van der Waals surface area contributed by atoms with E-state index < -0.39 is 11.7 Å². The molecule has 0 unspecified atom stereocenters. The Kier molecular flexibility index (Phi) is 6.18. The second-order valence-electron chi connectivity index (χ2n) is 7.63. The fourth-order valence-electron chi connectivity index (χ4n) is 3.87. The van der Waals surface area contributed by atoms with E-state index in [4.69, 9.17) is 13.9 Å². The topological polar surface area (TPSA) is 60.7 Å². The van der Waals surface area contributed by atoms with Crippen molar-refractivity contribution in [2.75, 3.05) is 19.5 Å². The number of carbonyl (C=O) groups excluding carboxylic acids is 1. The summed E-state index contributed by atoms with van der Waals surface area (Å²) < 4.78 is 30.7. The number of para-hydroxylation sites is 1. The van der Waals surface area contributed by atoms with Gasteiger partial charge in [0, 0.05) is 28.2 Å². The number of nitrogens with one attached hydrogen (secondary N) is 1. The van der Waals surface area contributed by atoms with Crippen molar-refractivity contribution in [2.45, 2.75) is 13.8 Å². The minimum Gasteiger partial charge on any atom is -0.497 e. The number of furan rings is 1. The van der Waals surface area contributed by atoms with Gasteiger partial charge in [-0.2, -0.15) is 0 Å². The second-order valence-corrected chi connectivity index (χ2v) is 7.63. The highest BCUT2D eigenvalue weighted by Crippen LogP contribution is 2.40. The van der Waals surface area contributed by atoms with Crippen molar-refractivity contribution in [3.63, 3.8) is 0 Å². The van der Waals surface area contributed by atoms with E-state index in [1.165, 1.54) is 18.2 Å². The number of hydrogen-bond acceptors (Lipinski definition) is 4. The molecule has 5 nitrogen and oxygen atoms in total. The predicted molar refractivity (Wildman–Crippen MR) is 128 cm³/mol. The third-order valence-corrected chi connectivity index (χ3v) is 5.55. The zero-order valence-corrected chi connectivity index (χ0v) is 18.9. The SMILES string of the molecule is COc1ccc(-c2coc3c(C)c(OC)c(/C(C)=C/C(=O)Nc4ccccc4F)cc23)cc1. The maximum Gasteiger partial charge on any atom is 0.248 e. The van der Waals surface area contributed by atoms with Gasteiger partial charge in [-0.25, -0.2) is 4.39 Å². The maximum atomic E-state index is 13.9. The molecule has 0 atom stereocenters. The fraction of sp³-hybridized carbons (Fsp3) is 0.148. The first-order chi connectivity index (χ1) is 15.9. The van der Waals surface area contributed by atoms with Gasteiger partial charge in [-0.15, -0.1) is 0 Å². The highest BCUT2D eigenvalue weighted by atomic mass is 19.1. The van der Waals surface area contributed by atoms with E-state index in [9.17, 15) is 9.18 Å². The summed E-state index contributed by atoms with van der Waals surface area (Å²) >= 11 is 0. The standard InChI is InChI=1S/C27H24FNO4/c1-16(13-25(30)29-24-8-6-5-7-23(24)28)20-14-21-22(18-9-11-19(31-3)12-10-18)15-33-27(21)17(2)26(20)32-4/h5-15H,1-4H3,(H,29,30)/b16-13+. The summed E-state index contributed by atoms with van der Waals surface area (Å²) in [5.41, 5.74) is 4.99. The Balaban J connectivity index is 1.76. The van der Waals surface area contributed by atoms with Crippen LogP contribution in [0.15, 0.2) is 71.4 Å². The van der Waals surface area contributed by atoms with E-state index in [1.807, 2.05) is 44.2 Å². The van der Waals surface area contributed by atoms with E-state index in [-0.39, 0.29) is 5.69 Å². The Morgan fingerprint density at radius 3 is 2.45 bits per heavy atom. The molecule has 1 aromatic heterocycles. The molecule has 1 amide bonds. The van der Waals surface area contributed by atoms with Gasteiger partial charge in [0.15, 0.2) is 0 Å². The van der Waals surface area contributed by atoms with Crippen LogP contribution in [0.25, 0.3) is 27.7 Å². The average Bonchev–Trinajstić information content (AvgIpc) is 3.25. The number of fused-ring (bicyclic) bond motifs is 1. The van der Waals surface area contributed by atoms with Crippen molar-refractivity contribution in [2.24, 2.45) is 0 Å². The summed E-state index contributed by atoms with van der Waals surface area (Å²) in [6.07, 6.45) is 3.15. The molecule has 0 saturated carbocycles. The molecule has 0 aliphatic carbocycles. The highest BCUT2D eigenvalue weighted by Gasteiger charge is 2.19. The highest BCUT2D eigenvalue weighted by molar-refractivity contribution is 6.06. The fourth-order valence-corrected chi connectivity index (χ4v) is 3.87. The van der Waals surface area contributed by atoms with Gasteiger partial charge in [0.1, 0.15) is 22.9 Å². The van der Waals surface area contributed by atoms with Crippen LogP contribution >= 0.6 is 0 Å². The summed E-state index contributed by atoms with van der Waals surface area (Å²) in [7, 11) is 3.21. The van der Waals surface area contributed by atoms with E-state index in [0.29, 0.717) is 16.9 Å². The molecule has 3 aromatic carbocycles. The number of carbonyl (C=O) groups is 1. The first-order valence-corrected chi connectivity index (χ1v) is 10.4. The lowest BCUT2D eigenvalue weighted by atomic mass is 9.96. The number of aryl methyl sites for hydroxylation is 1. The Morgan fingerprint density at radius 1 is 1.06 bits per heavy atom. The van der Waals surface area contributed by atoms with Crippen LogP contribution in [0.5, 0.6) is 11.5 Å². The van der Waals surface area contributed by atoms with E-state index in [1.54, 1.807) is 32.6 Å². The Bertz CT molecular complexity index is 1350.